The van der Waals surface area contributed by atoms with Gasteiger partial charge in [-0.05, 0) is 49.6 Å². The van der Waals surface area contributed by atoms with Crippen molar-refractivity contribution in [3.05, 3.63) is 88.5 Å². The molecule has 5 rings (SSSR count). The first-order valence-corrected chi connectivity index (χ1v) is 10.9. The molecule has 0 spiro atoms. The van der Waals surface area contributed by atoms with E-state index in [0.717, 1.165) is 47.1 Å². The third-order valence-electron chi connectivity index (χ3n) is 5.84. The maximum atomic E-state index is 13.1. The molecule has 0 radical (unpaired) electrons. The SMILES string of the molecule is Cc1cccc2nc(C(=O)N3CCC[C@H](c4ncc(Cc5ccc(Cl)cc5)o4)C3)cn12. The minimum Gasteiger partial charge on any atom is -0.445 e. The number of fused-ring (bicyclic) bond motifs is 1. The molecule has 7 heteroatoms. The number of nitrogens with zero attached hydrogens (tertiary/aromatic N) is 4. The lowest BCUT2D eigenvalue weighted by molar-refractivity contribution is 0.0692. The van der Waals surface area contributed by atoms with Gasteiger partial charge in [0.1, 0.15) is 17.1 Å². The number of aryl methyl sites for hydroxylation is 1. The third kappa shape index (κ3) is 4.08. The Morgan fingerprint density at radius 1 is 1.23 bits per heavy atom. The van der Waals surface area contributed by atoms with Gasteiger partial charge in [-0.3, -0.25) is 4.79 Å². The van der Waals surface area contributed by atoms with E-state index < -0.39 is 0 Å². The molecular formula is C24H23ClN4O2. The highest BCUT2D eigenvalue weighted by Crippen LogP contribution is 2.28. The molecule has 1 amide bonds. The molecule has 1 saturated heterocycles. The monoisotopic (exact) mass is 434 g/mol. The lowest BCUT2D eigenvalue weighted by Crippen LogP contribution is -2.39. The van der Waals surface area contributed by atoms with Gasteiger partial charge < -0.3 is 13.7 Å². The van der Waals surface area contributed by atoms with Gasteiger partial charge in [0.05, 0.1) is 12.1 Å². The van der Waals surface area contributed by atoms with Crippen LogP contribution in [0.2, 0.25) is 5.02 Å². The molecule has 0 aliphatic carbocycles. The van der Waals surface area contributed by atoms with E-state index in [9.17, 15) is 4.79 Å². The van der Waals surface area contributed by atoms with Crippen molar-refractivity contribution in [3.63, 3.8) is 0 Å². The average molecular weight is 435 g/mol. The third-order valence-corrected chi connectivity index (χ3v) is 6.09. The van der Waals surface area contributed by atoms with Gasteiger partial charge in [-0.1, -0.05) is 29.8 Å². The summed E-state index contributed by atoms with van der Waals surface area (Å²) in [5, 5.41) is 0.717. The van der Waals surface area contributed by atoms with Crippen molar-refractivity contribution in [2.45, 2.75) is 32.1 Å². The summed E-state index contributed by atoms with van der Waals surface area (Å²) in [6.45, 7) is 3.32. The Balaban J connectivity index is 1.29. The Labute approximate surface area is 185 Å². The number of pyridine rings is 1. The van der Waals surface area contributed by atoms with Crippen LogP contribution >= 0.6 is 11.6 Å². The number of carbonyl (C=O) groups excluding carboxylic acids is 1. The molecule has 1 aliphatic heterocycles. The van der Waals surface area contributed by atoms with Crippen LogP contribution in [0.5, 0.6) is 0 Å². The fourth-order valence-corrected chi connectivity index (χ4v) is 4.30. The fourth-order valence-electron chi connectivity index (χ4n) is 4.17. The Kier molecular flexibility index (Phi) is 5.24. The Hall–Kier alpha value is -3.12. The van der Waals surface area contributed by atoms with Gasteiger partial charge in [0.25, 0.3) is 5.91 Å². The van der Waals surface area contributed by atoms with Gasteiger partial charge in [-0.25, -0.2) is 9.97 Å². The zero-order valence-corrected chi connectivity index (χ0v) is 18.0. The number of halogens is 1. The fraction of sp³-hybridized carbons (Fsp3) is 0.292. The first-order valence-electron chi connectivity index (χ1n) is 10.5. The second-order valence-electron chi connectivity index (χ2n) is 8.08. The number of benzene rings is 1. The van der Waals surface area contributed by atoms with Crippen molar-refractivity contribution in [3.8, 4) is 0 Å². The normalized spacial score (nSPS) is 16.7. The number of imidazole rings is 1. The highest BCUT2D eigenvalue weighted by molar-refractivity contribution is 6.30. The van der Waals surface area contributed by atoms with Crippen LogP contribution in [0.1, 0.15) is 52.2 Å². The first kappa shape index (κ1) is 19.8. The molecule has 6 nitrogen and oxygen atoms in total. The molecule has 0 bridgehead atoms. The maximum absolute atomic E-state index is 13.1. The number of amides is 1. The number of carbonyl (C=O) groups is 1. The smallest absolute Gasteiger partial charge is 0.274 e. The largest absolute Gasteiger partial charge is 0.445 e. The molecule has 0 N–H and O–H groups in total. The molecule has 0 saturated carbocycles. The number of oxazole rings is 1. The van der Waals surface area contributed by atoms with Crippen molar-refractivity contribution in [2.75, 3.05) is 13.1 Å². The van der Waals surface area contributed by atoms with Crippen molar-refractivity contribution in [1.29, 1.82) is 0 Å². The summed E-state index contributed by atoms with van der Waals surface area (Å²) in [5.41, 5.74) is 3.44. The van der Waals surface area contributed by atoms with E-state index in [1.165, 1.54) is 0 Å². The average Bonchev–Trinajstić information content (AvgIpc) is 3.43. The second kappa shape index (κ2) is 8.19. The number of hydrogen-bond donors (Lipinski definition) is 0. The van der Waals surface area contributed by atoms with Crippen LogP contribution in [0, 0.1) is 6.92 Å². The highest BCUT2D eigenvalue weighted by Gasteiger charge is 2.29. The predicted molar refractivity (Wildman–Crippen MR) is 119 cm³/mol. The summed E-state index contributed by atoms with van der Waals surface area (Å²) in [7, 11) is 0. The minimum absolute atomic E-state index is 0.0410. The van der Waals surface area contributed by atoms with Crippen LogP contribution in [-0.4, -0.2) is 38.3 Å². The van der Waals surface area contributed by atoms with E-state index in [4.69, 9.17) is 16.0 Å². The molecule has 1 atom stereocenters. The lowest BCUT2D eigenvalue weighted by atomic mass is 9.98. The lowest BCUT2D eigenvalue weighted by Gasteiger charge is -2.30. The van der Waals surface area contributed by atoms with E-state index in [1.54, 1.807) is 6.20 Å². The van der Waals surface area contributed by atoms with Crippen LogP contribution in [0.25, 0.3) is 5.65 Å². The van der Waals surface area contributed by atoms with E-state index >= 15 is 0 Å². The first-order chi connectivity index (χ1) is 15.1. The topological polar surface area (TPSA) is 63.6 Å². The summed E-state index contributed by atoms with van der Waals surface area (Å²) >= 11 is 5.96. The molecule has 0 unspecified atom stereocenters. The van der Waals surface area contributed by atoms with E-state index in [-0.39, 0.29) is 11.8 Å². The number of piperidine rings is 1. The molecule has 3 aromatic heterocycles. The quantitative estimate of drug-likeness (QED) is 0.458. The zero-order chi connectivity index (χ0) is 21.4. The predicted octanol–water partition coefficient (Wildman–Crippen LogP) is 4.89. The summed E-state index contributed by atoms with van der Waals surface area (Å²) in [5.74, 6) is 1.57. The van der Waals surface area contributed by atoms with Crippen LogP contribution in [-0.2, 0) is 6.42 Å². The summed E-state index contributed by atoms with van der Waals surface area (Å²) in [4.78, 5) is 24.0. The summed E-state index contributed by atoms with van der Waals surface area (Å²) in [6.07, 6.45) is 6.15. The molecule has 1 aromatic carbocycles. The number of hydrogen-bond acceptors (Lipinski definition) is 4. The molecule has 1 fully saturated rings. The van der Waals surface area contributed by atoms with E-state index in [0.29, 0.717) is 24.6 Å². The minimum atomic E-state index is -0.0410. The molecule has 4 heterocycles. The van der Waals surface area contributed by atoms with Gasteiger partial charge in [0.15, 0.2) is 5.89 Å². The Morgan fingerprint density at radius 3 is 2.87 bits per heavy atom. The van der Waals surface area contributed by atoms with Gasteiger partial charge in [-0.15, -0.1) is 0 Å². The molecule has 4 aromatic rings. The number of rotatable bonds is 4. The van der Waals surface area contributed by atoms with Crippen LogP contribution in [0.4, 0.5) is 0 Å². The van der Waals surface area contributed by atoms with Crippen LogP contribution < -0.4 is 0 Å². The van der Waals surface area contributed by atoms with Gasteiger partial charge in [-0.2, -0.15) is 0 Å². The molecule has 31 heavy (non-hydrogen) atoms. The van der Waals surface area contributed by atoms with Crippen molar-refractivity contribution in [2.24, 2.45) is 0 Å². The van der Waals surface area contributed by atoms with Gasteiger partial charge in [0, 0.05) is 36.4 Å². The molecule has 158 valence electrons. The Morgan fingerprint density at radius 2 is 2.06 bits per heavy atom. The Bertz CT molecular complexity index is 1230. The zero-order valence-electron chi connectivity index (χ0n) is 17.3. The highest BCUT2D eigenvalue weighted by atomic mass is 35.5. The maximum Gasteiger partial charge on any atom is 0.274 e. The summed E-state index contributed by atoms with van der Waals surface area (Å²) in [6, 6.07) is 13.6. The van der Waals surface area contributed by atoms with Gasteiger partial charge in [0.2, 0.25) is 0 Å². The van der Waals surface area contributed by atoms with Gasteiger partial charge >= 0.3 is 0 Å². The van der Waals surface area contributed by atoms with Crippen LogP contribution in [0.3, 0.4) is 0 Å². The van der Waals surface area contributed by atoms with Crippen molar-refractivity contribution < 1.29 is 9.21 Å². The van der Waals surface area contributed by atoms with Crippen LogP contribution in [0.15, 0.2) is 59.3 Å². The molecule has 1 aliphatic rings. The van der Waals surface area contributed by atoms with Crippen molar-refractivity contribution >= 4 is 23.2 Å². The van der Waals surface area contributed by atoms with E-state index in [2.05, 4.69) is 9.97 Å². The molecular weight excluding hydrogens is 412 g/mol. The number of aromatic nitrogens is 3. The van der Waals surface area contributed by atoms with E-state index in [1.807, 2.05) is 64.9 Å². The summed E-state index contributed by atoms with van der Waals surface area (Å²) < 4.78 is 8.00. The van der Waals surface area contributed by atoms with Crippen molar-refractivity contribution in [1.82, 2.24) is 19.3 Å². The number of likely N-dealkylation sites (tertiary alicyclic amines) is 1. The standard InChI is InChI=1S/C24H23ClN4O2/c1-16-4-2-6-22-27-21(15-29(16)22)24(30)28-11-3-5-18(14-28)23-26-13-20(31-23)12-17-7-9-19(25)10-8-17/h2,4,6-10,13,15,18H,3,5,11-12,14H2,1H3/t18-/m0/s1. The second-order valence-corrected chi connectivity index (χ2v) is 8.52.